The van der Waals surface area contributed by atoms with Crippen LogP contribution in [0.2, 0.25) is 0 Å². The van der Waals surface area contributed by atoms with E-state index in [1.807, 2.05) is 0 Å². The maximum Gasteiger partial charge on any atom is 0.429 e. The Labute approximate surface area is 232 Å². The number of nitrogens with zero attached hydrogens (tertiary/aromatic N) is 5. The van der Waals surface area contributed by atoms with E-state index < -0.39 is 17.7 Å². The molecule has 4 rings (SSSR count). The molecule has 0 fully saturated rings. The third kappa shape index (κ3) is 8.80. The summed E-state index contributed by atoms with van der Waals surface area (Å²) in [4.78, 5) is 26.9. The molecular weight excluding hydrogens is 520 g/mol. The van der Waals surface area contributed by atoms with E-state index in [4.69, 9.17) is 9.72 Å². The second-order valence-corrected chi connectivity index (χ2v) is 9.86. The second-order valence-electron chi connectivity index (χ2n) is 9.86. The highest BCUT2D eigenvalue weighted by atomic mass is 19.1. The minimum absolute atomic E-state index is 0.0258. The lowest BCUT2D eigenvalue weighted by atomic mass is 10.1. The number of carbonyl (C=O) groups is 1. The number of aryl methyl sites for hydroxylation is 2. The van der Waals surface area contributed by atoms with Crippen molar-refractivity contribution in [1.29, 1.82) is 0 Å². The molecule has 12 heteroatoms. The van der Waals surface area contributed by atoms with Crippen molar-refractivity contribution >= 4 is 17.5 Å². The number of carbonyl (C=O) groups excluding carboxylic acids is 1. The molecule has 3 N–H and O–H groups in total. The van der Waals surface area contributed by atoms with Crippen LogP contribution < -0.4 is 20.1 Å². The van der Waals surface area contributed by atoms with Gasteiger partial charge in [-0.2, -0.15) is 0 Å². The van der Waals surface area contributed by atoms with Crippen LogP contribution in [0.25, 0.3) is 0 Å². The van der Waals surface area contributed by atoms with Crippen LogP contribution in [-0.4, -0.2) is 69.7 Å². The van der Waals surface area contributed by atoms with Gasteiger partial charge in [-0.15, -0.1) is 0 Å². The van der Waals surface area contributed by atoms with E-state index in [-0.39, 0.29) is 11.7 Å². The fourth-order valence-electron chi connectivity index (χ4n) is 4.59. The Balaban J connectivity index is 1.32. The molecule has 0 saturated carbocycles. The summed E-state index contributed by atoms with van der Waals surface area (Å²) in [7, 11) is 0. The van der Waals surface area contributed by atoms with Crippen LogP contribution in [-0.2, 0) is 17.6 Å². The highest BCUT2D eigenvalue weighted by Crippen LogP contribution is 2.20. The molecule has 214 valence electrons. The van der Waals surface area contributed by atoms with Crippen LogP contribution in [0.1, 0.15) is 43.9 Å². The van der Waals surface area contributed by atoms with Crippen LogP contribution in [0.4, 0.5) is 20.5 Å². The summed E-state index contributed by atoms with van der Waals surface area (Å²) >= 11 is 0. The zero-order valence-electron chi connectivity index (χ0n) is 22.7. The van der Waals surface area contributed by atoms with Gasteiger partial charge in [0.1, 0.15) is 42.4 Å². The summed E-state index contributed by atoms with van der Waals surface area (Å²) in [6.07, 6.45) is 9.73. The molecule has 3 aromatic rings. The monoisotopic (exact) mass is 556 g/mol. The number of Topliss-reactive ketones (excluding diaryl/α,β-unsaturated/α-hetero) is 1. The number of rotatable bonds is 15. The van der Waals surface area contributed by atoms with Crippen molar-refractivity contribution in [2.45, 2.75) is 51.5 Å². The smallest absolute Gasteiger partial charge is 0.429 e. The molecule has 0 aliphatic carbocycles. The van der Waals surface area contributed by atoms with Gasteiger partial charge in [-0.05, 0) is 57.2 Å². The lowest BCUT2D eigenvalue weighted by molar-refractivity contribution is -0.896. The summed E-state index contributed by atoms with van der Waals surface area (Å²) in [5, 5.41) is 16.2. The molecule has 3 aromatic heterocycles. The van der Waals surface area contributed by atoms with Crippen molar-refractivity contribution in [1.82, 2.24) is 19.9 Å². The zero-order valence-corrected chi connectivity index (χ0v) is 22.7. The van der Waals surface area contributed by atoms with Gasteiger partial charge in [0.2, 0.25) is 0 Å². The van der Waals surface area contributed by atoms with Gasteiger partial charge in [-0.1, -0.05) is 15.8 Å². The van der Waals surface area contributed by atoms with Gasteiger partial charge in [0.05, 0.1) is 12.4 Å². The fraction of sp³-hybridized carbons (Fsp3) is 0.464. The van der Waals surface area contributed by atoms with Crippen molar-refractivity contribution in [3.05, 3.63) is 65.9 Å². The van der Waals surface area contributed by atoms with Crippen LogP contribution in [0.15, 0.2) is 43.0 Å². The first-order valence-corrected chi connectivity index (χ1v) is 13.6. The molecule has 1 atom stereocenters. The van der Waals surface area contributed by atoms with E-state index in [0.717, 1.165) is 75.3 Å². The van der Waals surface area contributed by atoms with Gasteiger partial charge >= 0.3 is 5.95 Å². The third-order valence-corrected chi connectivity index (χ3v) is 6.77. The Morgan fingerprint density at radius 1 is 1.20 bits per heavy atom. The largest absolute Gasteiger partial charge is 0.491 e. The van der Waals surface area contributed by atoms with Gasteiger partial charge in [0.25, 0.3) is 0 Å². The van der Waals surface area contributed by atoms with E-state index in [9.17, 15) is 18.8 Å². The first-order valence-electron chi connectivity index (χ1n) is 13.6. The quantitative estimate of drug-likeness (QED) is 0.147. The molecule has 0 amide bonds. The minimum atomic E-state index is -0.700. The zero-order chi connectivity index (χ0) is 28.3. The molecule has 0 radical (unpaired) electrons. The van der Waals surface area contributed by atoms with Crippen LogP contribution in [0, 0.1) is 11.6 Å². The number of pyridine rings is 2. The Hall–Kier alpha value is -3.93. The maximum atomic E-state index is 13.5. The highest BCUT2D eigenvalue weighted by molar-refractivity contribution is 5.83. The Kier molecular flexibility index (Phi) is 10.5. The number of fused-ring (bicyclic) bond motifs is 1. The van der Waals surface area contributed by atoms with Crippen molar-refractivity contribution in [2.75, 3.05) is 43.4 Å². The summed E-state index contributed by atoms with van der Waals surface area (Å²) in [6, 6.07) is 4.91. The SMILES string of the molecule is CC(=O)[C@H](CCN(CCCCc1ccc2c(n1)NCCC2)CCOc1cncc(F)c1)Nc1ncc(F)c[n+]1O. The van der Waals surface area contributed by atoms with E-state index in [1.54, 1.807) is 0 Å². The number of anilines is 2. The summed E-state index contributed by atoms with van der Waals surface area (Å²) < 4.78 is 33.0. The first-order chi connectivity index (χ1) is 19.4. The van der Waals surface area contributed by atoms with E-state index >= 15 is 0 Å². The first kappa shape index (κ1) is 29.1. The van der Waals surface area contributed by atoms with Crippen molar-refractivity contribution in [3.63, 3.8) is 0 Å². The average Bonchev–Trinajstić information content (AvgIpc) is 2.93. The summed E-state index contributed by atoms with van der Waals surface area (Å²) in [6.45, 7) is 4.59. The molecule has 0 bridgehead atoms. The molecule has 1 aliphatic heterocycles. The minimum Gasteiger partial charge on any atom is -0.491 e. The van der Waals surface area contributed by atoms with E-state index in [0.29, 0.717) is 36.6 Å². The third-order valence-electron chi connectivity index (χ3n) is 6.77. The topological polar surface area (TPSA) is 116 Å². The molecule has 0 unspecified atom stereocenters. The van der Waals surface area contributed by atoms with E-state index in [2.05, 4.69) is 37.6 Å². The number of unbranched alkanes of at least 4 members (excludes halogenated alkanes) is 1. The summed E-state index contributed by atoms with van der Waals surface area (Å²) in [5.74, 6) is 0.0183. The number of ketones is 1. The van der Waals surface area contributed by atoms with Gasteiger partial charge in [0.15, 0.2) is 11.6 Å². The van der Waals surface area contributed by atoms with E-state index in [1.165, 1.54) is 24.8 Å². The fourth-order valence-corrected chi connectivity index (χ4v) is 4.59. The molecule has 0 spiro atoms. The van der Waals surface area contributed by atoms with Gasteiger partial charge < -0.3 is 15.3 Å². The maximum absolute atomic E-state index is 13.5. The normalized spacial score (nSPS) is 13.4. The number of nitrogens with one attached hydrogen (secondary N) is 2. The lowest BCUT2D eigenvalue weighted by Gasteiger charge is -2.24. The predicted octanol–water partition coefficient (Wildman–Crippen LogP) is 3.20. The van der Waals surface area contributed by atoms with Crippen LogP contribution in [0.5, 0.6) is 5.75 Å². The summed E-state index contributed by atoms with van der Waals surface area (Å²) in [5.41, 5.74) is 2.33. The molecule has 4 heterocycles. The second kappa shape index (κ2) is 14.5. The number of halogens is 2. The predicted molar refractivity (Wildman–Crippen MR) is 144 cm³/mol. The molecule has 0 saturated heterocycles. The average molecular weight is 557 g/mol. The Bertz CT molecular complexity index is 1280. The Morgan fingerprint density at radius 3 is 2.88 bits per heavy atom. The lowest BCUT2D eigenvalue weighted by Crippen LogP contribution is -2.42. The number of hydrogen-bond acceptors (Lipinski definition) is 9. The van der Waals surface area contributed by atoms with Gasteiger partial charge in [0, 0.05) is 37.8 Å². The number of ether oxygens (including phenoxy) is 1. The van der Waals surface area contributed by atoms with Gasteiger partial charge in [-0.25, -0.2) is 13.8 Å². The molecule has 10 nitrogen and oxygen atoms in total. The highest BCUT2D eigenvalue weighted by Gasteiger charge is 2.24. The van der Waals surface area contributed by atoms with Crippen LogP contribution in [0.3, 0.4) is 0 Å². The standard InChI is InChI=1S/C28H35F2N7O3/c1-20(38)26(35-28-33-17-23(30)19-37(28)39)9-12-36(13-14-40-25-15-22(29)16-31-18-25)11-3-2-6-24-8-7-21-5-4-10-32-27(21)34-24/h7-8,15-19,26,39H,2-6,9-14H2,1H3,(H,32,34)/p+1/t26-/m0/s1. The van der Waals surface area contributed by atoms with Gasteiger partial charge in [-0.3, -0.25) is 20.0 Å². The van der Waals surface area contributed by atoms with Crippen molar-refractivity contribution in [3.8, 4) is 5.75 Å². The molecule has 40 heavy (non-hydrogen) atoms. The molecule has 1 aliphatic rings. The molecule has 0 aromatic carbocycles. The Morgan fingerprint density at radius 2 is 2.08 bits per heavy atom. The van der Waals surface area contributed by atoms with Crippen LogP contribution >= 0.6 is 0 Å². The molecular formula is C28H36F2N7O3+. The van der Waals surface area contributed by atoms with Crippen molar-refractivity contribution < 1.29 is 28.2 Å². The van der Waals surface area contributed by atoms with Crippen molar-refractivity contribution in [2.24, 2.45) is 0 Å². The number of hydrogen-bond donors (Lipinski definition) is 3. The number of aromatic nitrogens is 4.